The van der Waals surface area contributed by atoms with E-state index in [4.69, 9.17) is 0 Å². The molecule has 2 aromatic heterocycles. The van der Waals surface area contributed by atoms with Crippen molar-refractivity contribution >= 4 is 33.3 Å². The number of para-hydroxylation sites is 1. The summed E-state index contributed by atoms with van der Waals surface area (Å²) in [5.74, 6) is 0.163. The quantitative estimate of drug-likeness (QED) is 0.176. The number of rotatable bonds is 9. The monoisotopic (exact) mass is 551 g/mol. The van der Waals surface area contributed by atoms with Crippen molar-refractivity contribution in [1.82, 2.24) is 30.3 Å². The van der Waals surface area contributed by atoms with Crippen LogP contribution in [0.15, 0.2) is 49.1 Å². The number of hydrogen-bond donors (Lipinski definition) is 4. The van der Waals surface area contributed by atoms with E-state index in [1.807, 2.05) is 70.1 Å². The lowest BCUT2D eigenvalue weighted by molar-refractivity contribution is -0.0808. The molecule has 0 saturated carbocycles. The van der Waals surface area contributed by atoms with Crippen LogP contribution in [0.3, 0.4) is 0 Å². The third-order valence-electron chi connectivity index (χ3n) is 6.32. The van der Waals surface area contributed by atoms with Crippen molar-refractivity contribution in [3.8, 4) is 12.8 Å². The first-order valence-corrected chi connectivity index (χ1v) is 13.5. The lowest BCUT2D eigenvalue weighted by Crippen LogP contribution is -2.55. The van der Waals surface area contributed by atoms with Gasteiger partial charge in [-0.3, -0.25) is 20.1 Å². The van der Waals surface area contributed by atoms with Gasteiger partial charge in [-0.2, -0.15) is 5.10 Å². The number of carbonyl (C=O) groups is 1. The Hall–Kier alpha value is -3.33. The number of fused-ring (bicyclic) bond motifs is 2. The molecule has 0 saturated heterocycles. The third-order valence-corrected chi connectivity index (χ3v) is 7.36. The molecule has 39 heavy (non-hydrogen) atoms. The summed E-state index contributed by atoms with van der Waals surface area (Å²) in [6, 6.07) is 7.59. The molecule has 210 valence electrons. The number of aromatic amines is 1. The van der Waals surface area contributed by atoms with Gasteiger partial charge in [0.2, 0.25) is 0 Å². The SMILES string of the molecule is C#C.C=C(C)C(CN(C)C)NC(O)N1Cc2c(NC(=O)c3nc4ccccc4s3)n[nH]c2C1(C)C.C=CCC. The van der Waals surface area contributed by atoms with Crippen LogP contribution in [0, 0.1) is 12.8 Å². The molecule has 10 heteroatoms. The summed E-state index contributed by atoms with van der Waals surface area (Å²) in [4.78, 5) is 21.3. The maximum Gasteiger partial charge on any atom is 0.285 e. The summed E-state index contributed by atoms with van der Waals surface area (Å²) >= 11 is 1.35. The predicted molar refractivity (Wildman–Crippen MR) is 161 cm³/mol. The van der Waals surface area contributed by atoms with E-state index in [2.05, 4.69) is 63.6 Å². The van der Waals surface area contributed by atoms with Gasteiger partial charge in [-0.25, -0.2) is 4.98 Å². The van der Waals surface area contributed by atoms with Gasteiger partial charge in [0.25, 0.3) is 5.91 Å². The first kappa shape index (κ1) is 31.9. The summed E-state index contributed by atoms with van der Waals surface area (Å²) in [6.45, 7) is 16.7. The Morgan fingerprint density at radius 3 is 2.56 bits per heavy atom. The van der Waals surface area contributed by atoms with Crippen LogP contribution >= 0.6 is 11.3 Å². The molecule has 0 spiro atoms. The number of likely N-dealkylation sites (N-methyl/N-ethyl adjacent to an activating group) is 1. The number of aliphatic hydroxyl groups excluding tert-OH is 1. The zero-order valence-electron chi connectivity index (χ0n) is 23.8. The first-order chi connectivity index (χ1) is 18.5. The number of carbonyl (C=O) groups excluding carboxylic acids is 1. The molecule has 2 atom stereocenters. The standard InChI is InChI=1S/C23H31N7O2S.C4H8.C2H2/c1-13(2)16(12-29(5)6)25-22(32)30-11-14-18(23(30,3)4)27-28-19(14)26-20(31)21-24-15-9-7-8-10-17(15)33-21;1-3-4-2;1-2/h7-10,16,22,25,32H,1,11-12H2,2-6H3,(H2,26,27,28,31);3H,1,4H2,2H3;1-2H. The number of amides is 1. The van der Waals surface area contributed by atoms with Crippen LogP contribution in [-0.2, 0) is 12.1 Å². The number of aliphatic hydroxyl groups is 1. The number of benzene rings is 1. The van der Waals surface area contributed by atoms with Crippen LogP contribution in [0.4, 0.5) is 5.82 Å². The Bertz CT molecular complexity index is 1260. The number of nitrogens with one attached hydrogen (secondary N) is 3. The highest BCUT2D eigenvalue weighted by Gasteiger charge is 2.44. The second-order valence-corrected chi connectivity index (χ2v) is 11.0. The van der Waals surface area contributed by atoms with Crippen molar-refractivity contribution in [3.63, 3.8) is 0 Å². The maximum absolute atomic E-state index is 12.9. The average Bonchev–Trinajstić information content (AvgIpc) is 3.58. The van der Waals surface area contributed by atoms with Gasteiger partial charge in [0, 0.05) is 24.7 Å². The molecule has 0 aliphatic carbocycles. The molecular formula is C29H41N7O2S. The predicted octanol–water partition coefficient (Wildman–Crippen LogP) is 4.53. The van der Waals surface area contributed by atoms with Crippen LogP contribution in [0.1, 0.15) is 55.2 Å². The first-order valence-electron chi connectivity index (χ1n) is 12.7. The Morgan fingerprint density at radius 2 is 2.00 bits per heavy atom. The summed E-state index contributed by atoms with van der Waals surface area (Å²) < 4.78 is 0.959. The van der Waals surface area contributed by atoms with Gasteiger partial charge in [0.15, 0.2) is 17.2 Å². The second kappa shape index (κ2) is 14.2. The lowest BCUT2D eigenvalue weighted by atomic mass is 10.0. The zero-order chi connectivity index (χ0) is 29.3. The number of nitrogens with zero attached hydrogens (tertiary/aromatic N) is 4. The highest BCUT2D eigenvalue weighted by Crippen LogP contribution is 2.41. The second-order valence-electron chi connectivity index (χ2n) is 9.95. The summed E-state index contributed by atoms with van der Waals surface area (Å²) in [5.41, 5.74) is 2.94. The molecule has 0 fully saturated rings. The molecule has 0 radical (unpaired) electrons. The molecule has 0 bridgehead atoms. The van der Waals surface area contributed by atoms with Crippen LogP contribution in [0.5, 0.6) is 0 Å². The summed E-state index contributed by atoms with van der Waals surface area (Å²) in [7, 11) is 3.97. The summed E-state index contributed by atoms with van der Waals surface area (Å²) in [6.07, 6.45) is 10.1. The lowest BCUT2D eigenvalue weighted by Gasteiger charge is -2.38. The highest BCUT2D eigenvalue weighted by molar-refractivity contribution is 7.20. The Balaban J connectivity index is 0.000000815. The van der Waals surface area contributed by atoms with E-state index in [-0.39, 0.29) is 11.9 Å². The highest BCUT2D eigenvalue weighted by atomic mass is 32.1. The smallest absolute Gasteiger partial charge is 0.285 e. The molecule has 1 aliphatic rings. The fraction of sp³-hybridized carbons (Fsp3) is 0.414. The fourth-order valence-corrected chi connectivity index (χ4v) is 5.01. The van der Waals surface area contributed by atoms with E-state index in [9.17, 15) is 9.90 Å². The van der Waals surface area contributed by atoms with Gasteiger partial charge in [-0.1, -0.05) is 37.3 Å². The van der Waals surface area contributed by atoms with Crippen molar-refractivity contribution < 1.29 is 9.90 Å². The Kier molecular flexibility index (Phi) is 11.6. The summed E-state index contributed by atoms with van der Waals surface area (Å²) in [5, 5.41) is 25.0. The third kappa shape index (κ3) is 7.62. The average molecular weight is 552 g/mol. The van der Waals surface area contributed by atoms with Crippen LogP contribution in [-0.4, -0.2) is 69.0 Å². The van der Waals surface area contributed by atoms with Crippen molar-refractivity contribution in [2.75, 3.05) is 26.0 Å². The zero-order valence-corrected chi connectivity index (χ0v) is 24.6. The fourth-order valence-electron chi connectivity index (χ4n) is 4.15. The molecular weight excluding hydrogens is 510 g/mol. The van der Waals surface area contributed by atoms with Crippen molar-refractivity contribution in [2.24, 2.45) is 0 Å². The number of anilines is 1. The maximum atomic E-state index is 12.9. The number of allylic oxidation sites excluding steroid dienone is 1. The number of H-pyrrole nitrogens is 1. The van der Waals surface area contributed by atoms with Gasteiger partial charge in [-0.05, 0) is 53.4 Å². The van der Waals surface area contributed by atoms with Crippen molar-refractivity contribution in [3.05, 3.63) is 65.3 Å². The minimum absolute atomic E-state index is 0.0684. The topological polar surface area (TPSA) is 109 Å². The van der Waals surface area contributed by atoms with E-state index in [0.717, 1.165) is 40.0 Å². The molecule has 2 unspecified atom stereocenters. The van der Waals surface area contributed by atoms with E-state index in [1.165, 1.54) is 11.3 Å². The van der Waals surface area contributed by atoms with Crippen molar-refractivity contribution in [2.45, 2.75) is 58.6 Å². The Morgan fingerprint density at radius 1 is 1.36 bits per heavy atom. The number of thiazole rings is 1. The molecule has 3 heterocycles. The van der Waals surface area contributed by atoms with Gasteiger partial charge >= 0.3 is 0 Å². The van der Waals surface area contributed by atoms with Gasteiger partial charge in [0.1, 0.15) is 0 Å². The molecule has 4 rings (SSSR count). The number of hydrogen-bond acceptors (Lipinski definition) is 8. The molecule has 4 N–H and O–H groups in total. The number of terminal acetylenes is 1. The Labute approximate surface area is 236 Å². The molecule has 1 aliphatic heterocycles. The minimum atomic E-state index is -0.907. The molecule has 1 amide bonds. The molecule has 3 aromatic rings. The molecule has 1 aromatic carbocycles. The van der Waals surface area contributed by atoms with Crippen molar-refractivity contribution in [1.29, 1.82) is 0 Å². The largest absolute Gasteiger partial charge is 0.365 e. The van der Waals surface area contributed by atoms with Gasteiger partial charge in [-0.15, -0.1) is 30.8 Å². The van der Waals surface area contributed by atoms with Gasteiger partial charge < -0.3 is 15.3 Å². The normalized spacial score (nSPS) is 15.3. The van der Waals surface area contributed by atoms with Crippen LogP contribution in [0.25, 0.3) is 10.2 Å². The minimum Gasteiger partial charge on any atom is -0.365 e. The van der Waals surface area contributed by atoms with E-state index in [0.29, 0.717) is 17.4 Å². The van der Waals surface area contributed by atoms with E-state index < -0.39 is 11.9 Å². The van der Waals surface area contributed by atoms with E-state index in [1.54, 1.807) is 0 Å². The van der Waals surface area contributed by atoms with Crippen LogP contribution in [0.2, 0.25) is 0 Å². The van der Waals surface area contributed by atoms with E-state index >= 15 is 0 Å². The van der Waals surface area contributed by atoms with Crippen LogP contribution < -0.4 is 10.6 Å². The molecule has 9 nitrogen and oxygen atoms in total. The number of aromatic nitrogens is 3. The van der Waals surface area contributed by atoms with Gasteiger partial charge in [0.05, 0.1) is 21.4 Å².